The van der Waals surface area contributed by atoms with Gasteiger partial charge in [0, 0.05) is 24.1 Å². The van der Waals surface area contributed by atoms with Crippen LogP contribution < -0.4 is 5.32 Å². The van der Waals surface area contributed by atoms with Crippen LogP contribution in [-0.2, 0) is 10.2 Å². The van der Waals surface area contributed by atoms with E-state index in [0.717, 1.165) is 45.3 Å². The third-order valence-electron chi connectivity index (χ3n) is 8.63. The highest BCUT2D eigenvalue weighted by Crippen LogP contribution is 2.60. The molecule has 7 rings (SSSR count). The first-order chi connectivity index (χ1) is 15.3. The number of hydrogen-bond donors (Lipinski definition) is 1. The third kappa shape index (κ3) is 2.90. The molecular formula is C27H31N3O2. The molecule has 5 aliphatic rings. The van der Waals surface area contributed by atoms with Gasteiger partial charge in [-0.05, 0) is 111 Å². The minimum Gasteiger partial charge on any atom is -0.318 e. The number of aryl methyl sites for hydroxylation is 1. The lowest BCUT2D eigenvalue weighted by Gasteiger charge is -2.57. The van der Waals surface area contributed by atoms with Crippen molar-refractivity contribution in [2.24, 2.45) is 17.8 Å². The van der Waals surface area contributed by atoms with Crippen LogP contribution in [0.2, 0.25) is 0 Å². The summed E-state index contributed by atoms with van der Waals surface area (Å²) in [6.07, 6.45) is 10.3. The molecule has 1 aliphatic heterocycles. The van der Waals surface area contributed by atoms with E-state index in [9.17, 15) is 9.59 Å². The summed E-state index contributed by atoms with van der Waals surface area (Å²) >= 11 is 0. The second kappa shape index (κ2) is 6.84. The fraction of sp³-hybridized carbons (Fsp3) is 0.481. The van der Waals surface area contributed by atoms with Gasteiger partial charge in [0.1, 0.15) is 5.70 Å². The normalized spacial score (nSPS) is 32.3. The Bertz CT molecular complexity index is 1120. The molecule has 1 aromatic carbocycles. The van der Waals surface area contributed by atoms with Crippen LogP contribution in [0.25, 0.3) is 11.8 Å². The molecule has 166 valence electrons. The molecule has 1 saturated heterocycles. The number of nitrogens with zero attached hydrogens (tertiary/aromatic N) is 2. The van der Waals surface area contributed by atoms with E-state index in [0.29, 0.717) is 11.1 Å². The van der Waals surface area contributed by atoms with Crippen molar-refractivity contribution in [2.45, 2.75) is 57.8 Å². The maximum atomic E-state index is 12.3. The van der Waals surface area contributed by atoms with Crippen molar-refractivity contribution in [3.05, 3.63) is 58.5 Å². The third-order valence-corrected chi connectivity index (χ3v) is 8.63. The number of imide groups is 1. The molecule has 1 N–H and O–H groups in total. The van der Waals surface area contributed by atoms with Gasteiger partial charge in [0.25, 0.3) is 5.91 Å². The highest BCUT2D eigenvalue weighted by Gasteiger charge is 2.51. The van der Waals surface area contributed by atoms with E-state index in [1.165, 1.54) is 51.1 Å². The zero-order valence-electron chi connectivity index (χ0n) is 19.1. The number of benzene rings is 1. The van der Waals surface area contributed by atoms with Gasteiger partial charge in [-0.25, -0.2) is 4.79 Å². The number of hydrogen-bond acceptors (Lipinski definition) is 2. The molecule has 0 unspecified atom stereocenters. The topological polar surface area (TPSA) is 54.3 Å². The average Bonchev–Trinajstić information content (AvgIpc) is 3.16. The molecule has 5 nitrogen and oxygen atoms in total. The van der Waals surface area contributed by atoms with Gasteiger partial charge < -0.3 is 9.88 Å². The molecule has 0 radical (unpaired) electrons. The molecule has 5 heteroatoms. The molecule has 2 heterocycles. The second-order valence-corrected chi connectivity index (χ2v) is 10.8. The van der Waals surface area contributed by atoms with Crippen LogP contribution in [0, 0.1) is 31.6 Å². The van der Waals surface area contributed by atoms with E-state index in [-0.39, 0.29) is 11.9 Å². The molecule has 1 aromatic heterocycles. The molecule has 4 bridgehead atoms. The monoisotopic (exact) mass is 429 g/mol. The fourth-order valence-corrected chi connectivity index (χ4v) is 7.54. The van der Waals surface area contributed by atoms with Gasteiger partial charge in [0.05, 0.1) is 0 Å². The van der Waals surface area contributed by atoms with Crippen molar-refractivity contribution < 1.29 is 9.59 Å². The highest BCUT2D eigenvalue weighted by molar-refractivity contribution is 6.13. The fourth-order valence-electron chi connectivity index (χ4n) is 7.54. The van der Waals surface area contributed by atoms with E-state index in [4.69, 9.17) is 0 Å². The number of aromatic nitrogens is 1. The molecule has 4 aliphatic carbocycles. The Morgan fingerprint density at radius 3 is 2.09 bits per heavy atom. The van der Waals surface area contributed by atoms with Gasteiger partial charge in [0.15, 0.2) is 0 Å². The predicted octanol–water partition coefficient (Wildman–Crippen LogP) is 5.08. The van der Waals surface area contributed by atoms with Gasteiger partial charge in [0.2, 0.25) is 0 Å². The molecule has 4 saturated carbocycles. The van der Waals surface area contributed by atoms with Gasteiger partial charge in [-0.1, -0.05) is 12.1 Å². The van der Waals surface area contributed by atoms with Crippen molar-refractivity contribution in [2.75, 3.05) is 7.05 Å². The number of urea groups is 1. The number of nitrogens with one attached hydrogen (secondary N) is 1. The molecule has 0 spiro atoms. The lowest BCUT2D eigenvalue weighted by atomic mass is 9.48. The maximum absolute atomic E-state index is 12.3. The number of carbonyl (C=O) groups excluding carboxylic acids is 2. The quantitative estimate of drug-likeness (QED) is 0.546. The van der Waals surface area contributed by atoms with E-state index >= 15 is 0 Å². The van der Waals surface area contributed by atoms with Crippen molar-refractivity contribution in [3.8, 4) is 5.69 Å². The number of amides is 3. The van der Waals surface area contributed by atoms with Gasteiger partial charge in [-0.3, -0.25) is 9.69 Å². The summed E-state index contributed by atoms with van der Waals surface area (Å²) in [6, 6.07) is 11.0. The van der Waals surface area contributed by atoms with Gasteiger partial charge >= 0.3 is 6.03 Å². The largest absolute Gasteiger partial charge is 0.328 e. The van der Waals surface area contributed by atoms with Crippen molar-refractivity contribution in [3.63, 3.8) is 0 Å². The van der Waals surface area contributed by atoms with Crippen LogP contribution in [0.5, 0.6) is 0 Å². The smallest absolute Gasteiger partial charge is 0.318 e. The molecule has 32 heavy (non-hydrogen) atoms. The van der Waals surface area contributed by atoms with Crippen LogP contribution in [0.3, 0.4) is 0 Å². The minimum atomic E-state index is -0.379. The molecule has 0 atom stereocenters. The highest BCUT2D eigenvalue weighted by atomic mass is 16.2. The average molecular weight is 430 g/mol. The zero-order chi connectivity index (χ0) is 22.2. The van der Waals surface area contributed by atoms with Gasteiger partial charge in [-0.15, -0.1) is 0 Å². The lowest BCUT2D eigenvalue weighted by molar-refractivity contribution is -0.121. The Kier molecular flexibility index (Phi) is 4.24. The molecular weight excluding hydrogens is 398 g/mol. The number of likely N-dealkylation sites (N-methyl/N-ethyl adjacent to an activating group) is 1. The Morgan fingerprint density at radius 2 is 1.56 bits per heavy atom. The SMILES string of the molecule is Cc1cc(/C=C2/NC(=O)N(C)C2=O)c(C)n1-c1ccc(C23CC4CC(CC(C4)C2)C3)cc1. The zero-order valence-corrected chi connectivity index (χ0v) is 19.1. The first-order valence-electron chi connectivity index (χ1n) is 11.9. The number of carbonyl (C=O) groups is 2. The van der Waals surface area contributed by atoms with Crippen LogP contribution >= 0.6 is 0 Å². The van der Waals surface area contributed by atoms with Gasteiger partial charge in [-0.2, -0.15) is 0 Å². The van der Waals surface area contributed by atoms with E-state index < -0.39 is 0 Å². The minimum absolute atomic E-state index is 0.292. The van der Waals surface area contributed by atoms with E-state index in [2.05, 4.69) is 54.1 Å². The van der Waals surface area contributed by atoms with Crippen LogP contribution in [0.1, 0.15) is 61.0 Å². The first-order valence-corrected chi connectivity index (χ1v) is 11.9. The summed E-state index contributed by atoms with van der Waals surface area (Å²) in [4.78, 5) is 25.1. The van der Waals surface area contributed by atoms with E-state index in [1.54, 1.807) is 6.08 Å². The second-order valence-electron chi connectivity index (χ2n) is 10.8. The maximum Gasteiger partial charge on any atom is 0.328 e. The first kappa shape index (κ1) is 19.8. The standard InChI is InChI=1S/C27H31N3O2/c1-16-8-21(12-24-25(31)29(3)26(32)28-24)17(2)30(16)23-6-4-22(5-7-23)27-13-18-9-19(14-27)11-20(10-18)15-27/h4-8,12,18-20H,9-11,13-15H2,1-3H3,(H,28,32)/b24-12+. The lowest BCUT2D eigenvalue weighted by Crippen LogP contribution is -2.48. The summed E-state index contributed by atoms with van der Waals surface area (Å²) in [7, 11) is 1.49. The number of rotatable bonds is 3. The summed E-state index contributed by atoms with van der Waals surface area (Å²) in [6.45, 7) is 4.15. The van der Waals surface area contributed by atoms with E-state index in [1.807, 2.05) is 0 Å². The Hall–Kier alpha value is -2.82. The summed E-state index contributed by atoms with van der Waals surface area (Å²) < 4.78 is 2.24. The Labute approximate surface area is 189 Å². The van der Waals surface area contributed by atoms with Crippen LogP contribution in [-0.4, -0.2) is 28.5 Å². The van der Waals surface area contributed by atoms with Crippen LogP contribution in [0.4, 0.5) is 4.79 Å². The summed E-state index contributed by atoms with van der Waals surface area (Å²) in [5, 5.41) is 2.66. The molecule has 2 aromatic rings. The van der Waals surface area contributed by atoms with Crippen molar-refractivity contribution >= 4 is 18.0 Å². The Morgan fingerprint density at radius 1 is 0.969 bits per heavy atom. The summed E-state index contributed by atoms with van der Waals surface area (Å²) in [5.41, 5.74) is 6.55. The molecule has 5 fully saturated rings. The van der Waals surface area contributed by atoms with Crippen molar-refractivity contribution in [1.82, 2.24) is 14.8 Å². The molecule has 3 amide bonds. The summed E-state index contributed by atoms with van der Waals surface area (Å²) in [5.74, 6) is 2.55. The predicted molar refractivity (Wildman–Crippen MR) is 124 cm³/mol. The Balaban J connectivity index is 1.31. The van der Waals surface area contributed by atoms with Crippen LogP contribution in [0.15, 0.2) is 36.0 Å². The van der Waals surface area contributed by atoms with Crippen molar-refractivity contribution in [1.29, 1.82) is 0 Å².